The number of carboxylic acids is 1. The van der Waals surface area contributed by atoms with Crippen LogP contribution in [-0.2, 0) is 32.0 Å². The first-order chi connectivity index (χ1) is 16.4. The Morgan fingerprint density at radius 3 is 2.69 bits per heavy atom. The first-order valence-electron chi connectivity index (χ1n) is 11.6. The lowest BCUT2D eigenvalue weighted by Gasteiger charge is -2.33. The standard InChI is InChI=1S/C24H32FN3O7/c1-24(2,3)35-23(33)27-16-5-4-10-34-18(16)11-13-6-7-14-15(20(13)25)12-28(22(14)32)17(21(26)31)8-9-19(29)30/h6-7,16-18H,4-5,8-12H2,1-3H3,(H2,26,31)(H,27,33)(H,29,30)/t16-,17-,18+/m0/s1. The van der Waals surface area contributed by atoms with Crippen LogP contribution < -0.4 is 11.1 Å². The van der Waals surface area contributed by atoms with Crippen LogP contribution in [0, 0.1) is 5.82 Å². The minimum Gasteiger partial charge on any atom is -0.481 e. The number of carboxylic acid groups (broad SMARTS) is 1. The lowest BCUT2D eigenvalue weighted by Crippen LogP contribution is -2.49. The molecule has 2 aliphatic heterocycles. The van der Waals surface area contributed by atoms with Gasteiger partial charge in [-0.3, -0.25) is 14.4 Å². The second-order valence-corrected chi connectivity index (χ2v) is 9.86. The number of aliphatic carboxylic acids is 1. The van der Waals surface area contributed by atoms with Crippen LogP contribution in [0.4, 0.5) is 9.18 Å². The third-order valence-corrected chi connectivity index (χ3v) is 6.04. The maximum atomic E-state index is 15.5. The van der Waals surface area contributed by atoms with E-state index >= 15 is 4.39 Å². The monoisotopic (exact) mass is 493 g/mol. The molecule has 0 saturated carbocycles. The van der Waals surface area contributed by atoms with E-state index in [-0.39, 0.29) is 43.0 Å². The largest absolute Gasteiger partial charge is 0.481 e. The lowest BCUT2D eigenvalue weighted by atomic mass is 9.94. The number of rotatable bonds is 8. The van der Waals surface area contributed by atoms with Gasteiger partial charge in [-0.05, 0) is 51.7 Å². The number of halogens is 1. The van der Waals surface area contributed by atoms with Crippen molar-refractivity contribution >= 4 is 23.9 Å². The van der Waals surface area contributed by atoms with E-state index in [0.717, 1.165) is 11.3 Å². The van der Waals surface area contributed by atoms with Crippen molar-refractivity contribution in [2.24, 2.45) is 5.73 Å². The number of nitrogens with zero attached hydrogens (tertiary/aromatic N) is 1. The third-order valence-electron chi connectivity index (χ3n) is 6.04. The molecular formula is C24H32FN3O7. The van der Waals surface area contributed by atoms with Gasteiger partial charge in [0.1, 0.15) is 17.5 Å². The van der Waals surface area contributed by atoms with Crippen LogP contribution in [0.15, 0.2) is 12.1 Å². The van der Waals surface area contributed by atoms with Gasteiger partial charge >= 0.3 is 12.1 Å². The van der Waals surface area contributed by atoms with Gasteiger partial charge in [0.05, 0.1) is 18.7 Å². The molecule has 1 saturated heterocycles. The van der Waals surface area contributed by atoms with Crippen LogP contribution in [0.2, 0.25) is 0 Å². The van der Waals surface area contributed by atoms with Crippen molar-refractivity contribution in [3.8, 4) is 0 Å². The Hall–Kier alpha value is -3.21. The average molecular weight is 494 g/mol. The molecule has 3 atom stereocenters. The summed E-state index contributed by atoms with van der Waals surface area (Å²) in [6, 6.07) is 1.46. The fraction of sp³-hybridized carbons (Fsp3) is 0.583. The third kappa shape index (κ3) is 6.47. The number of amides is 3. The molecule has 35 heavy (non-hydrogen) atoms. The molecule has 0 radical (unpaired) electrons. The fourth-order valence-corrected chi connectivity index (χ4v) is 4.42. The highest BCUT2D eigenvalue weighted by Gasteiger charge is 2.38. The number of nitrogens with one attached hydrogen (secondary N) is 1. The summed E-state index contributed by atoms with van der Waals surface area (Å²) in [6.07, 6.45) is -0.0471. The van der Waals surface area contributed by atoms with Crippen LogP contribution in [0.25, 0.3) is 0 Å². The molecule has 1 aromatic carbocycles. The summed E-state index contributed by atoms with van der Waals surface area (Å²) in [5.41, 5.74) is 5.29. The van der Waals surface area contributed by atoms with E-state index in [1.165, 1.54) is 12.1 Å². The van der Waals surface area contributed by atoms with Crippen molar-refractivity contribution in [2.75, 3.05) is 6.61 Å². The number of carbonyl (C=O) groups excluding carboxylic acids is 3. The smallest absolute Gasteiger partial charge is 0.407 e. The van der Waals surface area contributed by atoms with Crippen molar-refractivity contribution in [3.05, 3.63) is 34.6 Å². The normalized spacial score (nSPS) is 20.8. The summed E-state index contributed by atoms with van der Waals surface area (Å²) in [5.74, 6) is -3.14. The van der Waals surface area contributed by atoms with Gasteiger partial charge in [0.25, 0.3) is 5.91 Å². The van der Waals surface area contributed by atoms with Crippen LogP contribution in [-0.4, -0.2) is 64.3 Å². The molecule has 0 aliphatic carbocycles. The molecule has 4 N–H and O–H groups in total. The predicted molar refractivity (Wildman–Crippen MR) is 122 cm³/mol. The molecule has 0 unspecified atom stereocenters. The summed E-state index contributed by atoms with van der Waals surface area (Å²) in [6.45, 7) is 5.56. The van der Waals surface area contributed by atoms with Gasteiger partial charge in [-0.2, -0.15) is 0 Å². The number of benzene rings is 1. The number of hydrogen-bond acceptors (Lipinski definition) is 6. The van der Waals surface area contributed by atoms with E-state index in [4.69, 9.17) is 20.3 Å². The van der Waals surface area contributed by atoms with Gasteiger partial charge in [0.15, 0.2) is 0 Å². The molecule has 0 bridgehead atoms. The summed E-state index contributed by atoms with van der Waals surface area (Å²) in [7, 11) is 0. The Kier molecular flexibility index (Phi) is 7.99. The number of primary amides is 1. The van der Waals surface area contributed by atoms with Gasteiger partial charge in [-0.25, -0.2) is 9.18 Å². The highest BCUT2D eigenvalue weighted by Crippen LogP contribution is 2.31. The second kappa shape index (κ2) is 10.6. The highest BCUT2D eigenvalue weighted by molar-refractivity contribution is 6.01. The van der Waals surface area contributed by atoms with E-state index < -0.39 is 47.4 Å². The van der Waals surface area contributed by atoms with Gasteiger partial charge in [-0.15, -0.1) is 0 Å². The van der Waals surface area contributed by atoms with Gasteiger partial charge < -0.3 is 30.5 Å². The Morgan fingerprint density at radius 1 is 1.34 bits per heavy atom. The van der Waals surface area contributed by atoms with Crippen molar-refractivity contribution in [2.45, 2.75) is 83.2 Å². The van der Waals surface area contributed by atoms with Gasteiger partial charge in [-0.1, -0.05) is 6.07 Å². The summed E-state index contributed by atoms with van der Waals surface area (Å²) >= 11 is 0. The first-order valence-corrected chi connectivity index (χ1v) is 11.6. The Balaban J connectivity index is 1.76. The van der Waals surface area contributed by atoms with Crippen molar-refractivity contribution < 1.29 is 38.1 Å². The quantitative estimate of drug-likeness (QED) is 0.502. The molecule has 0 aromatic heterocycles. The van der Waals surface area contributed by atoms with Crippen LogP contribution in [0.5, 0.6) is 0 Å². The van der Waals surface area contributed by atoms with Gasteiger partial charge in [0.2, 0.25) is 5.91 Å². The zero-order valence-electron chi connectivity index (χ0n) is 20.1. The number of nitrogens with two attached hydrogens (primary N) is 1. The number of alkyl carbamates (subject to hydrolysis) is 1. The summed E-state index contributed by atoms with van der Waals surface area (Å²) < 4.78 is 26.7. The molecule has 192 valence electrons. The topological polar surface area (TPSA) is 148 Å². The van der Waals surface area contributed by atoms with Gasteiger partial charge in [0, 0.05) is 30.6 Å². The highest BCUT2D eigenvalue weighted by atomic mass is 19.1. The predicted octanol–water partition coefficient (Wildman–Crippen LogP) is 2.12. The second-order valence-electron chi connectivity index (χ2n) is 9.86. The molecule has 0 spiro atoms. The van der Waals surface area contributed by atoms with Crippen molar-refractivity contribution in [3.63, 3.8) is 0 Å². The summed E-state index contributed by atoms with van der Waals surface area (Å²) in [5, 5.41) is 11.7. The molecular weight excluding hydrogens is 461 g/mol. The Labute approximate surface area is 202 Å². The molecule has 3 rings (SSSR count). The van der Waals surface area contributed by atoms with E-state index in [0.29, 0.717) is 18.6 Å². The molecule has 10 nitrogen and oxygen atoms in total. The van der Waals surface area contributed by atoms with Crippen molar-refractivity contribution in [1.82, 2.24) is 10.2 Å². The zero-order valence-corrected chi connectivity index (χ0v) is 20.1. The number of hydrogen-bond donors (Lipinski definition) is 3. The first kappa shape index (κ1) is 26.4. The number of carbonyl (C=O) groups is 4. The van der Waals surface area contributed by atoms with Crippen LogP contribution in [0.3, 0.4) is 0 Å². The molecule has 1 aromatic rings. The molecule has 2 aliphatic rings. The SMILES string of the molecule is CC(C)(C)OC(=O)N[C@H]1CCCO[C@@H]1Cc1ccc2c(c1F)CN([C@@H](CCC(=O)O)C(N)=O)C2=O. The van der Waals surface area contributed by atoms with Crippen molar-refractivity contribution in [1.29, 1.82) is 0 Å². The number of fused-ring (bicyclic) bond motifs is 1. The Bertz CT molecular complexity index is 1010. The summed E-state index contributed by atoms with van der Waals surface area (Å²) in [4.78, 5) is 49.0. The lowest BCUT2D eigenvalue weighted by molar-refractivity contribution is -0.137. The minimum absolute atomic E-state index is 0.112. The Morgan fingerprint density at radius 2 is 2.06 bits per heavy atom. The average Bonchev–Trinajstić information content (AvgIpc) is 3.07. The van der Waals surface area contributed by atoms with E-state index in [1.807, 2.05) is 0 Å². The zero-order chi connectivity index (χ0) is 25.9. The van der Waals surface area contributed by atoms with E-state index in [2.05, 4.69) is 5.32 Å². The van der Waals surface area contributed by atoms with Crippen LogP contribution >= 0.6 is 0 Å². The van der Waals surface area contributed by atoms with E-state index in [9.17, 15) is 19.2 Å². The van der Waals surface area contributed by atoms with Crippen LogP contribution in [0.1, 0.15) is 67.9 Å². The maximum Gasteiger partial charge on any atom is 0.407 e. The molecule has 2 heterocycles. The van der Waals surface area contributed by atoms with E-state index in [1.54, 1.807) is 20.8 Å². The fourth-order valence-electron chi connectivity index (χ4n) is 4.42. The molecule has 3 amide bonds. The minimum atomic E-state index is -1.15. The number of ether oxygens (including phenoxy) is 2. The molecule has 1 fully saturated rings. The molecule has 11 heteroatoms. The maximum absolute atomic E-state index is 15.5.